The van der Waals surface area contributed by atoms with E-state index in [1.807, 2.05) is 46.0 Å². The molecule has 0 aliphatic carbocycles. The van der Waals surface area contributed by atoms with Crippen LogP contribution in [0.4, 0.5) is 0 Å². The summed E-state index contributed by atoms with van der Waals surface area (Å²) in [7, 11) is 0. The summed E-state index contributed by atoms with van der Waals surface area (Å²) >= 11 is 0. The van der Waals surface area contributed by atoms with Crippen molar-refractivity contribution in [1.82, 2.24) is 19.7 Å². The molecule has 0 bridgehead atoms. The highest BCUT2D eigenvalue weighted by atomic mass is 16.2. The van der Waals surface area contributed by atoms with Crippen LogP contribution in [0, 0.1) is 0 Å². The van der Waals surface area contributed by atoms with E-state index in [0.717, 1.165) is 41.7 Å². The Hall–Kier alpha value is -2.73. The number of amides is 1. The predicted octanol–water partition coefficient (Wildman–Crippen LogP) is 3.24. The lowest BCUT2D eigenvalue weighted by molar-refractivity contribution is 0.0711. The molecule has 1 atom stereocenters. The van der Waals surface area contributed by atoms with E-state index in [2.05, 4.69) is 18.9 Å². The normalized spacial score (nSPS) is 17.6. The minimum absolute atomic E-state index is 0.0121. The van der Waals surface area contributed by atoms with Crippen LogP contribution in [0.1, 0.15) is 43.1 Å². The molecule has 1 unspecified atom stereocenters. The molecule has 0 radical (unpaired) electrons. The third-order valence-electron chi connectivity index (χ3n) is 5.10. The summed E-state index contributed by atoms with van der Waals surface area (Å²) in [5, 5.41) is 5.29. The molecular formula is C21H25N5O. The van der Waals surface area contributed by atoms with Gasteiger partial charge in [-0.2, -0.15) is 5.10 Å². The quantitative estimate of drug-likeness (QED) is 0.775. The van der Waals surface area contributed by atoms with Crippen LogP contribution in [0.25, 0.3) is 22.3 Å². The van der Waals surface area contributed by atoms with Gasteiger partial charge in [0.15, 0.2) is 5.65 Å². The van der Waals surface area contributed by atoms with E-state index in [9.17, 15) is 4.79 Å². The summed E-state index contributed by atoms with van der Waals surface area (Å²) < 4.78 is 1.88. The van der Waals surface area contributed by atoms with Gasteiger partial charge in [0.2, 0.25) is 0 Å². The average molecular weight is 363 g/mol. The Morgan fingerprint density at radius 3 is 2.74 bits per heavy atom. The van der Waals surface area contributed by atoms with Gasteiger partial charge in [0, 0.05) is 30.7 Å². The maximum Gasteiger partial charge on any atom is 0.254 e. The van der Waals surface area contributed by atoms with Crippen molar-refractivity contribution < 1.29 is 4.79 Å². The van der Waals surface area contributed by atoms with Crippen molar-refractivity contribution in [3.05, 3.63) is 48.2 Å². The Morgan fingerprint density at radius 1 is 1.26 bits per heavy atom. The van der Waals surface area contributed by atoms with E-state index in [-0.39, 0.29) is 18.0 Å². The number of nitrogens with zero attached hydrogens (tertiary/aromatic N) is 4. The Kier molecular flexibility index (Phi) is 4.66. The highest BCUT2D eigenvalue weighted by Crippen LogP contribution is 2.27. The van der Waals surface area contributed by atoms with Crippen LogP contribution in [0.15, 0.2) is 42.6 Å². The predicted molar refractivity (Wildman–Crippen MR) is 106 cm³/mol. The number of carbonyl (C=O) groups is 1. The van der Waals surface area contributed by atoms with E-state index in [0.29, 0.717) is 12.1 Å². The van der Waals surface area contributed by atoms with Gasteiger partial charge in [0.05, 0.1) is 22.8 Å². The second-order valence-electron chi connectivity index (χ2n) is 7.49. The van der Waals surface area contributed by atoms with Crippen LogP contribution < -0.4 is 5.73 Å². The molecule has 4 rings (SSSR count). The number of rotatable bonds is 3. The van der Waals surface area contributed by atoms with Crippen molar-refractivity contribution in [2.24, 2.45) is 5.73 Å². The zero-order valence-electron chi connectivity index (χ0n) is 15.8. The molecule has 1 aromatic carbocycles. The molecule has 6 heteroatoms. The molecule has 0 saturated carbocycles. The fourth-order valence-corrected chi connectivity index (χ4v) is 3.69. The van der Waals surface area contributed by atoms with Crippen LogP contribution in [-0.2, 0) is 0 Å². The third-order valence-corrected chi connectivity index (χ3v) is 5.10. The zero-order chi connectivity index (χ0) is 19.0. The maximum absolute atomic E-state index is 13.3. The minimum Gasteiger partial charge on any atom is -0.337 e. The number of hydrogen-bond donors (Lipinski definition) is 1. The third kappa shape index (κ3) is 3.32. The van der Waals surface area contributed by atoms with Crippen molar-refractivity contribution in [2.75, 3.05) is 13.1 Å². The summed E-state index contributed by atoms with van der Waals surface area (Å²) in [5.41, 5.74) is 9.27. The molecular weight excluding hydrogens is 338 g/mol. The fourth-order valence-electron chi connectivity index (χ4n) is 3.69. The van der Waals surface area contributed by atoms with Crippen LogP contribution in [0.3, 0.4) is 0 Å². The molecule has 0 spiro atoms. The molecule has 3 heterocycles. The largest absolute Gasteiger partial charge is 0.337 e. The summed E-state index contributed by atoms with van der Waals surface area (Å²) in [4.78, 5) is 20.0. The monoisotopic (exact) mass is 363 g/mol. The number of fused-ring (bicyclic) bond motifs is 1. The molecule has 1 amide bonds. The minimum atomic E-state index is 0.0121. The molecule has 1 aliphatic heterocycles. The first-order valence-corrected chi connectivity index (χ1v) is 9.53. The number of aromatic nitrogens is 3. The first-order valence-electron chi connectivity index (χ1n) is 9.53. The van der Waals surface area contributed by atoms with Gasteiger partial charge >= 0.3 is 0 Å². The second kappa shape index (κ2) is 7.12. The number of hydrogen-bond acceptors (Lipinski definition) is 4. The molecule has 3 aromatic rings. The van der Waals surface area contributed by atoms with Crippen molar-refractivity contribution >= 4 is 16.9 Å². The van der Waals surface area contributed by atoms with Gasteiger partial charge in [0.25, 0.3) is 5.91 Å². The van der Waals surface area contributed by atoms with Crippen molar-refractivity contribution in [2.45, 2.75) is 38.8 Å². The Morgan fingerprint density at radius 2 is 2.04 bits per heavy atom. The van der Waals surface area contributed by atoms with Crippen LogP contribution in [-0.4, -0.2) is 44.7 Å². The number of nitrogens with two attached hydrogens (primary N) is 1. The standard InChI is InChI=1S/C21H25N5O/c1-14(2)26-20-18(12-23-26)17(21(27)25-10-6-9-16(22)13-25)11-19(24-20)15-7-4-3-5-8-15/h3-5,7-8,11-12,14,16H,6,9-10,13,22H2,1-2H3. The van der Waals surface area contributed by atoms with Crippen LogP contribution in [0.2, 0.25) is 0 Å². The lowest BCUT2D eigenvalue weighted by Gasteiger charge is -2.31. The zero-order valence-corrected chi connectivity index (χ0v) is 15.8. The number of benzene rings is 1. The molecule has 2 aromatic heterocycles. The first-order chi connectivity index (χ1) is 13.0. The lowest BCUT2D eigenvalue weighted by Crippen LogP contribution is -2.45. The van der Waals surface area contributed by atoms with E-state index in [1.54, 1.807) is 6.20 Å². The number of likely N-dealkylation sites (tertiary alicyclic amines) is 1. The molecule has 2 N–H and O–H groups in total. The Balaban J connectivity index is 1.86. The van der Waals surface area contributed by atoms with Gasteiger partial charge in [-0.25, -0.2) is 9.67 Å². The van der Waals surface area contributed by atoms with Crippen molar-refractivity contribution in [1.29, 1.82) is 0 Å². The molecule has 1 fully saturated rings. The topological polar surface area (TPSA) is 77.0 Å². The van der Waals surface area contributed by atoms with Crippen molar-refractivity contribution in [3.63, 3.8) is 0 Å². The van der Waals surface area contributed by atoms with Crippen LogP contribution >= 0.6 is 0 Å². The van der Waals surface area contributed by atoms with E-state index < -0.39 is 0 Å². The van der Waals surface area contributed by atoms with Gasteiger partial charge in [-0.15, -0.1) is 0 Å². The van der Waals surface area contributed by atoms with E-state index in [4.69, 9.17) is 10.7 Å². The van der Waals surface area contributed by atoms with Gasteiger partial charge in [-0.05, 0) is 32.8 Å². The molecule has 140 valence electrons. The number of piperidine rings is 1. The maximum atomic E-state index is 13.3. The van der Waals surface area contributed by atoms with Gasteiger partial charge in [0.1, 0.15) is 0 Å². The van der Waals surface area contributed by atoms with Gasteiger partial charge in [-0.1, -0.05) is 30.3 Å². The molecule has 1 aliphatic rings. The van der Waals surface area contributed by atoms with E-state index in [1.165, 1.54) is 0 Å². The summed E-state index contributed by atoms with van der Waals surface area (Å²) in [6.07, 6.45) is 3.67. The van der Waals surface area contributed by atoms with Crippen molar-refractivity contribution in [3.8, 4) is 11.3 Å². The first kappa shape index (κ1) is 17.7. The second-order valence-corrected chi connectivity index (χ2v) is 7.49. The van der Waals surface area contributed by atoms with Crippen LogP contribution in [0.5, 0.6) is 0 Å². The Bertz CT molecular complexity index is 963. The number of carbonyl (C=O) groups excluding carboxylic acids is 1. The van der Waals surface area contributed by atoms with Gasteiger partial charge in [-0.3, -0.25) is 4.79 Å². The number of pyridine rings is 1. The smallest absolute Gasteiger partial charge is 0.254 e. The fraction of sp³-hybridized carbons (Fsp3) is 0.381. The average Bonchev–Trinajstić information content (AvgIpc) is 3.11. The summed E-state index contributed by atoms with van der Waals surface area (Å²) in [5.74, 6) is 0.0121. The molecule has 27 heavy (non-hydrogen) atoms. The Labute approximate surface area is 159 Å². The molecule has 6 nitrogen and oxygen atoms in total. The SMILES string of the molecule is CC(C)n1ncc2c(C(=O)N3CCCC(N)C3)cc(-c3ccccc3)nc21. The van der Waals surface area contributed by atoms with E-state index >= 15 is 0 Å². The summed E-state index contributed by atoms with van der Waals surface area (Å²) in [6, 6.07) is 12.1. The molecule has 1 saturated heterocycles. The highest BCUT2D eigenvalue weighted by Gasteiger charge is 2.26. The highest BCUT2D eigenvalue weighted by molar-refractivity contribution is 6.06. The lowest BCUT2D eigenvalue weighted by atomic mass is 10.0. The summed E-state index contributed by atoms with van der Waals surface area (Å²) in [6.45, 7) is 5.47. The van der Waals surface area contributed by atoms with Gasteiger partial charge < -0.3 is 10.6 Å².